The Morgan fingerprint density at radius 1 is 1.22 bits per heavy atom. The second-order valence-corrected chi connectivity index (χ2v) is 10.1. The summed E-state index contributed by atoms with van der Waals surface area (Å²) in [5.74, 6) is -0.423. The minimum absolute atomic E-state index is 0.176. The highest BCUT2D eigenvalue weighted by Crippen LogP contribution is 2.23. The highest BCUT2D eigenvalue weighted by molar-refractivity contribution is 7.87. The van der Waals surface area contributed by atoms with Crippen LogP contribution in [0.3, 0.4) is 0 Å². The third-order valence-electron chi connectivity index (χ3n) is 4.03. The first-order chi connectivity index (χ1) is 14.8. The maximum atomic E-state index is 12.5. The van der Waals surface area contributed by atoms with Crippen LogP contribution in [0.4, 0.5) is 10.5 Å². The fourth-order valence-electron chi connectivity index (χ4n) is 2.68. The van der Waals surface area contributed by atoms with E-state index in [1.54, 1.807) is 32.9 Å². The summed E-state index contributed by atoms with van der Waals surface area (Å²) in [7, 11) is -4.39. The van der Waals surface area contributed by atoms with Crippen LogP contribution in [0.1, 0.15) is 50.0 Å². The molecule has 0 fully saturated rings. The number of nitrogens with zero attached hydrogens (tertiary/aromatic N) is 1. The van der Waals surface area contributed by atoms with Crippen molar-refractivity contribution in [3.63, 3.8) is 0 Å². The molecule has 0 aliphatic carbocycles. The summed E-state index contributed by atoms with van der Waals surface area (Å²) in [6.07, 6.45) is 0.509. The zero-order chi connectivity index (χ0) is 23.9. The predicted molar refractivity (Wildman–Crippen MR) is 122 cm³/mol. The summed E-state index contributed by atoms with van der Waals surface area (Å²) >= 11 is 1.48. The molecule has 1 atom stereocenters. The number of aryl methyl sites for hydroxylation is 1. The maximum Gasteiger partial charge on any atom is 0.408 e. The van der Waals surface area contributed by atoms with Crippen molar-refractivity contribution in [3.05, 3.63) is 45.9 Å². The third-order valence-corrected chi connectivity index (χ3v) is 5.44. The van der Waals surface area contributed by atoms with Crippen LogP contribution in [0.5, 0.6) is 0 Å². The number of rotatable bonds is 9. The van der Waals surface area contributed by atoms with E-state index in [1.165, 1.54) is 23.5 Å². The van der Waals surface area contributed by atoms with Gasteiger partial charge in [0.1, 0.15) is 12.1 Å². The Bertz CT molecular complexity index is 1030. The van der Waals surface area contributed by atoms with E-state index in [-0.39, 0.29) is 12.2 Å². The van der Waals surface area contributed by atoms with Gasteiger partial charge in [-0.1, -0.05) is 19.1 Å². The van der Waals surface area contributed by atoms with E-state index < -0.39 is 33.9 Å². The average molecular weight is 485 g/mol. The molecule has 0 spiro atoms. The fourth-order valence-corrected chi connectivity index (χ4v) is 4.03. The summed E-state index contributed by atoms with van der Waals surface area (Å²) in [5.41, 5.74) is 1.15. The quantitative estimate of drug-likeness (QED) is 0.400. The standard InChI is InChI=1S/C20H28N4O6S2/c1-5-14-12-31-18(22-14)10-16(13-6-8-15(9-7-13)24-32(27,28)29)23-17(25)11-21-19(26)30-20(2,3)4/h6-9,12,16,24H,5,10-11H2,1-4H3,(H,21,26)(H,23,25)(H,27,28,29)/t16-/m0/s1. The van der Waals surface area contributed by atoms with Gasteiger partial charge in [0.25, 0.3) is 0 Å². The van der Waals surface area contributed by atoms with E-state index in [1.807, 2.05) is 17.0 Å². The molecular weight excluding hydrogens is 456 g/mol. The number of benzene rings is 1. The molecule has 2 amide bonds. The average Bonchev–Trinajstić information content (AvgIpc) is 3.11. The van der Waals surface area contributed by atoms with Crippen molar-refractivity contribution in [2.75, 3.05) is 11.3 Å². The SMILES string of the molecule is CCc1csc(C[C@H](NC(=O)CNC(=O)OC(C)(C)C)c2ccc(NS(=O)(=O)O)cc2)n1. The molecule has 176 valence electrons. The summed E-state index contributed by atoms with van der Waals surface area (Å²) in [5, 5.41) is 8.06. The number of nitrogens with one attached hydrogen (secondary N) is 3. The van der Waals surface area contributed by atoms with Gasteiger partial charge in [-0.2, -0.15) is 8.42 Å². The van der Waals surface area contributed by atoms with Crippen molar-refractivity contribution in [2.45, 2.75) is 52.2 Å². The molecule has 12 heteroatoms. The Labute approximate surface area is 191 Å². The van der Waals surface area contributed by atoms with Crippen LogP contribution < -0.4 is 15.4 Å². The van der Waals surface area contributed by atoms with E-state index in [2.05, 4.69) is 15.6 Å². The van der Waals surface area contributed by atoms with Gasteiger partial charge in [0.05, 0.1) is 22.4 Å². The highest BCUT2D eigenvalue weighted by atomic mass is 32.2. The second-order valence-electron chi connectivity index (χ2n) is 7.96. The molecule has 2 aromatic rings. The van der Waals surface area contributed by atoms with E-state index in [4.69, 9.17) is 9.29 Å². The molecule has 2 rings (SSSR count). The van der Waals surface area contributed by atoms with Gasteiger partial charge < -0.3 is 15.4 Å². The lowest BCUT2D eigenvalue weighted by molar-refractivity contribution is -0.121. The van der Waals surface area contributed by atoms with Crippen LogP contribution in [0.25, 0.3) is 0 Å². The number of anilines is 1. The van der Waals surface area contributed by atoms with Crippen molar-refractivity contribution in [1.29, 1.82) is 0 Å². The fraction of sp³-hybridized carbons (Fsp3) is 0.450. The van der Waals surface area contributed by atoms with Crippen LogP contribution >= 0.6 is 11.3 Å². The summed E-state index contributed by atoms with van der Waals surface area (Å²) < 4.78 is 38.0. The van der Waals surface area contributed by atoms with Crippen LogP contribution in [-0.4, -0.2) is 42.1 Å². The minimum atomic E-state index is -4.39. The van der Waals surface area contributed by atoms with Gasteiger partial charge in [0.2, 0.25) is 5.91 Å². The van der Waals surface area contributed by atoms with Crippen LogP contribution in [0.2, 0.25) is 0 Å². The normalized spacial score (nSPS) is 12.7. The third kappa shape index (κ3) is 9.20. The molecular formula is C20H28N4O6S2. The van der Waals surface area contributed by atoms with Crippen molar-refractivity contribution in [2.24, 2.45) is 0 Å². The van der Waals surface area contributed by atoms with Crippen LogP contribution in [0, 0.1) is 0 Å². The van der Waals surface area contributed by atoms with Gasteiger partial charge in [0, 0.05) is 11.8 Å². The number of aromatic nitrogens is 1. The Kier molecular flexibility index (Phi) is 8.58. The molecule has 0 saturated heterocycles. The zero-order valence-electron chi connectivity index (χ0n) is 18.3. The number of hydrogen-bond donors (Lipinski definition) is 4. The molecule has 1 heterocycles. The monoisotopic (exact) mass is 484 g/mol. The van der Waals surface area contributed by atoms with Gasteiger partial charge in [-0.05, 0) is 44.9 Å². The Balaban J connectivity index is 2.12. The first kappa shape index (κ1) is 25.6. The molecule has 4 N–H and O–H groups in total. The molecule has 10 nitrogen and oxygen atoms in total. The van der Waals surface area contributed by atoms with Gasteiger partial charge in [-0.3, -0.25) is 14.1 Å². The lowest BCUT2D eigenvalue weighted by atomic mass is 10.0. The first-order valence-electron chi connectivity index (χ1n) is 9.89. The molecule has 0 saturated carbocycles. The smallest absolute Gasteiger partial charge is 0.408 e. The Morgan fingerprint density at radius 2 is 1.88 bits per heavy atom. The molecule has 32 heavy (non-hydrogen) atoms. The Hall–Kier alpha value is -2.70. The van der Waals surface area contributed by atoms with Gasteiger partial charge >= 0.3 is 16.4 Å². The number of thiazole rings is 1. The summed E-state index contributed by atoms with van der Waals surface area (Å²) in [4.78, 5) is 28.8. The number of carbonyl (C=O) groups is 2. The van der Waals surface area contributed by atoms with E-state index in [0.29, 0.717) is 12.0 Å². The molecule has 0 radical (unpaired) electrons. The van der Waals surface area contributed by atoms with Crippen molar-refractivity contribution in [1.82, 2.24) is 15.6 Å². The molecule has 0 aliphatic heterocycles. The topological polar surface area (TPSA) is 147 Å². The maximum absolute atomic E-state index is 12.5. The molecule has 0 unspecified atom stereocenters. The Morgan fingerprint density at radius 3 is 2.41 bits per heavy atom. The summed E-state index contributed by atoms with van der Waals surface area (Å²) in [6, 6.07) is 5.74. The van der Waals surface area contributed by atoms with Gasteiger partial charge in [-0.15, -0.1) is 11.3 Å². The lowest BCUT2D eigenvalue weighted by Gasteiger charge is -2.21. The van der Waals surface area contributed by atoms with Gasteiger partial charge in [0.15, 0.2) is 0 Å². The lowest BCUT2D eigenvalue weighted by Crippen LogP contribution is -2.41. The first-order valence-corrected chi connectivity index (χ1v) is 12.2. The molecule has 0 bridgehead atoms. The largest absolute Gasteiger partial charge is 0.444 e. The van der Waals surface area contributed by atoms with Crippen LogP contribution in [-0.2, 0) is 32.7 Å². The number of alkyl carbamates (subject to hydrolysis) is 1. The van der Waals surface area contributed by atoms with E-state index >= 15 is 0 Å². The second kappa shape index (κ2) is 10.7. The van der Waals surface area contributed by atoms with Crippen molar-refractivity contribution < 1.29 is 27.3 Å². The predicted octanol–water partition coefficient (Wildman–Crippen LogP) is 2.84. The number of hydrogen-bond acceptors (Lipinski definition) is 7. The van der Waals surface area contributed by atoms with E-state index in [9.17, 15) is 18.0 Å². The zero-order valence-corrected chi connectivity index (χ0v) is 20.0. The van der Waals surface area contributed by atoms with Crippen LogP contribution in [0.15, 0.2) is 29.6 Å². The minimum Gasteiger partial charge on any atom is -0.444 e. The number of ether oxygens (including phenoxy) is 1. The number of amides is 2. The van der Waals surface area contributed by atoms with Gasteiger partial charge in [-0.25, -0.2) is 9.78 Å². The molecule has 1 aromatic heterocycles. The summed E-state index contributed by atoms with van der Waals surface area (Å²) in [6.45, 7) is 6.90. The molecule has 1 aromatic carbocycles. The van der Waals surface area contributed by atoms with E-state index in [0.717, 1.165) is 17.1 Å². The molecule has 0 aliphatic rings. The highest BCUT2D eigenvalue weighted by Gasteiger charge is 2.20. The van der Waals surface area contributed by atoms with Crippen molar-refractivity contribution in [3.8, 4) is 0 Å². The number of carbonyl (C=O) groups excluding carboxylic acids is 2. The van der Waals surface area contributed by atoms with Crippen molar-refractivity contribution >= 4 is 39.3 Å².